The van der Waals surface area contributed by atoms with E-state index in [-0.39, 0.29) is 11.0 Å². The zero-order valence-corrected chi connectivity index (χ0v) is 10.3. The molecule has 0 unspecified atom stereocenters. The fraction of sp³-hybridized carbons (Fsp3) is 0.357. The first-order chi connectivity index (χ1) is 7.91. The number of aromatic nitrogens is 1. The van der Waals surface area contributed by atoms with Crippen LogP contribution < -0.4 is 5.56 Å². The van der Waals surface area contributed by atoms with Gasteiger partial charge in [-0.2, -0.15) is 0 Å². The summed E-state index contributed by atoms with van der Waals surface area (Å²) in [7, 11) is 0. The van der Waals surface area contributed by atoms with Gasteiger partial charge in [-0.3, -0.25) is 4.79 Å². The number of pyridine rings is 1. The van der Waals surface area contributed by atoms with Crippen LogP contribution in [0.25, 0.3) is 10.9 Å². The van der Waals surface area contributed by atoms with Crippen molar-refractivity contribution >= 4 is 10.9 Å². The predicted octanol–water partition coefficient (Wildman–Crippen LogP) is 3.30. The molecule has 0 bridgehead atoms. The molecule has 2 rings (SSSR count). The number of aromatic amines is 1. The smallest absolute Gasteiger partial charge is 0.248 e. The van der Waals surface area contributed by atoms with Gasteiger partial charge in [0, 0.05) is 11.6 Å². The van der Waals surface area contributed by atoms with Crippen molar-refractivity contribution in [2.75, 3.05) is 0 Å². The second-order valence-corrected chi connectivity index (χ2v) is 5.31. The molecule has 0 saturated heterocycles. The van der Waals surface area contributed by atoms with Crippen LogP contribution in [-0.2, 0) is 12.1 Å². The quantitative estimate of drug-likeness (QED) is 0.805. The molecule has 0 radical (unpaired) electrons. The van der Waals surface area contributed by atoms with E-state index in [1.54, 1.807) is 6.07 Å². The maximum absolute atomic E-state index is 13.0. The van der Waals surface area contributed by atoms with Crippen molar-refractivity contribution < 1.29 is 4.39 Å². The average Bonchev–Trinajstić information content (AvgIpc) is 2.26. The van der Waals surface area contributed by atoms with Crippen LogP contribution in [0.5, 0.6) is 0 Å². The standard InChI is InChI=1S/C14H16FNO/c1-14(2,3)11-6-9-4-5-12(17)16-13(9)10(7-11)8-15/h4-7H,8H2,1-3H3,(H,16,17). The normalized spacial score (nSPS) is 12.0. The SMILES string of the molecule is CC(C)(C)c1cc(CF)c2[nH]c(=O)ccc2c1. The monoisotopic (exact) mass is 233 g/mol. The minimum absolute atomic E-state index is 0.0335. The highest BCUT2D eigenvalue weighted by molar-refractivity contribution is 5.82. The summed E-state index contributed by atoms with van der Waals surface area (Å²) in [6, 6.07) is 7.04. The Kier molecular flexibility index (Phi) is 2.77. The summed E-state index contributed by atoms with van der Waals surface area (Å²) in [6.45, 7) is 5.69. The average molecular weight is 233 g/mol. The van der Waals surface area contributed by atoms with Crippen molar-refractivity contribution in [2.24, 2.45) is 0 Å². The molecule has 3 heteroatoms. The first-order valence-electron chi connectivity index (χ1n) is 5.64. The Labute approximate surface area is 99.5 Å². The summed E-state index contributed by atoms with van der Waals surface area (Å²) in [5.41, 5.74) is 1.99. The molecule has 0 spiro atoms. The fourth-order valence-electron chi connectivity index (χ4n) is 1.88. The van der Waals surface area contributed by atoms with Crippen molar-refractivity contribution in [1.29, 1.82) is 0 Å². The van der Waals surface area contributed by atoms with Crippen LogP contribution in [-0.4, -0.2) is 4.98 Å². The molecule has 90 valence electrons. The molecule has 0 aliphatic heterocycles. The molecule has 0 amide bonds. The van der Waals surface area contributed by atoms with Crippen LogP contribution in [0.15, 0.2) is 29.1 Å². The Morgan fingerprint density at radius 1 is 1.24 bits per heavy atom. The van der Waals surface area contributed by atoms with Crippen LogP contribution in [0.1, 0.15) is 31.9 Å². The molecular formula is C14H16FNO. The topological polar surface area (TPSA) is 32.9 Å². The summed E-state index contributed by atoms with van der Waals surface area (Å²) in [6.07, 6.45) is 0. The van der Waals surface area contributed by atoms with Crippen molar-refractivity contribution in [3.05, 3.63) is 45.7 Å². The van der Waals surface area contributed by atoms with E-state index in [1.165, 1.54) is 6.07 Å². The Morgan fingerprint density at radius 3 is 2.53 bits per heavy atom. The van der Waals surface area contributed by atoms with E-state index in [9.17, 15) is 9.18 Å². The third-order valence-electron chi connectivity index (χ3n) is 2.92. The summed E-state index contributed by atoms with van der Waals surface area (Å²) >= 11 is 0. The summed E-state index contributed by atoms with van der Waals surface area (Å²) in [5, 5.41) is 0.879. The Balaban J connectivity index is 2.79. The van der Waals surface area contributed by atoms with E-state index in [2.05, 4.69) is 25.8 Å². The van der Waals surface area contributed by atoms with Crippen molar-refractivity contribution in [3.63, 3.8) is 0 Å². The molecule has 2 aromatic rings. The van der Waals surface area contributed by atoms with Gasteiger partial charge in [-0.25, -0.2) is 4.39 Å². The first-order valence-corrected chi connectivity index (χ1v) is 5.64. The largest absolute Gasteiger partial charge is 0.322 e. The number of benzene rings is 1. The number of nitrogens with one attached hydrogen (secondary N) is 1. The fourth-order valence-corrected chi connectivity index (χ4v) is 1.88. The van der Waals surface area contributed by atoms with Crippen LogP contribution in [0.2, 0.25) is 0 Å². The molecule has 1 aromatic carbocycles. The van der Waals surface area contributed by atoms with Gasteiger partial charge in [-0.05, 0) is 28.5 Å². The van der Waals surface area contributed by atoms with Gasteiger partial charge >= 0.3 is 0 Å². The number of halogens is 1. The van der Waals surface area contributed by atoms with Crippen molar-refractivity contribution in [3.8, 4) is 0 Å². The van der Waals surface area contributed by atoms with Crippen molar-refractivity contribution in [2.45, 2.75) is 32.9 Å². The predicted molar refractivity (Wildman–Crippen MR) is 68.1 cm³/mol. The summed E-state index contributed by atoms with van der Waals surface area (Å²) < 4.78 is 13.0. The lowest BCUT2D eigenvalue weighted by Gasteiger charge is -2.20. The van der Waals surface area contributed by atoms with Gasteiger partial charge in [0.25, 0.3) is 0 Å². The van der Waals surface area contributed by atoms with Gasteiger partial charge in [0.15, 0.2) is 0 Å². The Hall–Kier alpha value is -1.64. The van der Waals surface area contributed by atoms with Gasteiger partial charge in [0.1, 0.15) is 6.67 Å². The highest BCUT2D eigenvalue weighted by Crippen LogP contribution is 2.28. The molecule has 1 aromatic heterocycles. The lowest BCUT2D eigenvalue weighted by Crippen LogP contribution is -2.12. The lowest BCUT2D eigenvalue weighted by molar-refractivity contribution is 0.485. The minimum atomic E-state index is -0.569. The van der Waals surface area contributed by atoms with Gasteiger partial charge in [0.05, 0.1) is 5.52 Å². The number of hydrogen-bond donors (Lipinski definition) is 1. The molecule has 1 N–H and O–H groups in total. The highest BCUT2D eigenvalue weighted by atomic mass is 19.1. The Morgan fingerprint density at radius 2 is 1.94 bits per heavy atom. The summed E-state index contributed by atoms with van der Waals surface area (Å²) in [4.78, 5) is 13.9. The number of hydrogen-bond acceptors (Lipinski definition) is 1. The van der Waals surface area contributed by atoms with E-state index in [4.69, 9.17) is 0 Å². The third kappa shape index (κ3) is 2.23. The molecule has 0 aliphatic rings. The highest BCUT2D eigenvalue weighted by Gasteiger charge is 2.16. The van der Waals surface area contributed by atoms with Gasteiger partial charge in [-0.15, -0.1) is 0 Å². The maximum atomic E-state index is 13.0. The molecule has 0 fully saturated rings. The molecule has 2 nitrogen and oxygen atoms in total. The number of fused-ring (bicyclic) bond motifs is 1. The summed E-state index contributed by atoms with van der Waals surface area (Å²) in [5.74, 6) is 0. The molecule has 0 aliphatic carbocycles. The zero-order valence-electron chi connectivity index (χ0n) is 10.3. The number of alkyl halides is 1. The lowest BCUT2D eigenvalue weighted by atomic mass is 9.85. The zero-order chi connectivity index (χ0) is 12.6. The minimum Gasteiger partial charge on any atom is -0.322 e. The van der Waals surface area contributed by atoms with Gasteiger partial charge in [-0.1, -0.05) is 26.8 Å². The second kappa shape index (κ2) is 3.99. The molecule has 0 saturated carbocycles. The number of rotatable bonds is 1. The van der Waals surface area contributed by atoms with E-state index >= 15 is 0 Å². The molecule has 1 heterocycles. The molecule has 17 heavy (non-hydrogen) atoms. The first kappa shape index (κ1) is 11.8. The van der Waals surface area contributed by atoms with E-state index in [0.717, 1.165) is 10.9 Å². The van der Waals surface area contributed by atoms with E-state index in [1.807, 2.05) is 12.1 Å². The maximum Gasteiger partial charge on any atom is 0.248 e. The van der Waals surface area contributed by atoms with E-state index in [0.29, 0.717) is 11.1 Å². The van der Waals surface area contributed by atoms with Crippen molar-refractivity contribution in [1.82, 2.24) is 4.98 Å². The van der Waals surface area contributed by atoms with Gasteiger partial charge in [0.2, 0.25) is 5.56 Å². The second-order valence-electron chi connectivity index (χ2n) is 5.31. The number of H-pyrrole nitrogens is 1. The Bertz CT molecular complexity index is 608. The molecule has 0 atom stereocenters. The van der Waals surface area contributed by atoms with Crippen LogP contribution in [0.4, 0.5) is 4.39 Å². The third-order valence-corrected chi connectivity index (χ3v) is 2.92. The van der Waals surface area contributed by atoms with Crippen LogP contribution in [0, 0.1) is 0 Å². The van der Waals surface area contributed by atoms with Crippen LogP contribution >= 0.6 is 0 Å². The molecular weight excluding hydrogens is 217 g/mol. The van der Waals surface area contributed by atoms with Crippen LogP contribution in [0.3, 0.4) is 0 Å². The van der Waals surface area contributed by atoms with E-state index < -0.39 is 6.67 Å². The van der Waals surface area contributed by atoms with Gasteiger partial charge < -0.3 is 4.98 Å².